The second-order valence-electron chi connectivity index (χ2n) is 11.7. The van der Waals surface area contributed by atoms with Crippen LogP contribution in [0.1, 0.15) is 52.5 Å². The van der Waals surface area contributed by atoms with Gasteiger partial charge >= 0.3 is 11.7 Å². The fourth-order valence-corrected chi connectivity index (χ4v) is 5.85. The van der Waals surface area contributed by atoms with Gasteiger partial charge in [-0.2, -0.15) is 4.98 Å². The Morgan fingerprint density at radius 1 is 1.10 bits per heavy atom. The number of anilines is 1. The number of nitrogens with zero attached hydrogens (tertiary/aromatic N) is 5. The molecule has 40 heavy (non-hydrogen) atoms. The predicted octanol–water partition coefficient (Wildman–Crippen LogP) is 1.78. The van der Waals surface area contributed by atoms with Crippen LogP contribution in [0.2, 0.25) is 0 Å². The van der Waals surface area contributed by atoms with Gasteiger partial charge in [-0.15, -0.1) is 0 Å². The van der Waals surface area contributed by atoms with Crippen LogP contribution in [-0.4, -0.2) is 92.6 Å². The minimum absolute atomic E-state index is 0.141. The van der Waals surface area contributed by atoms with Crippen LogP contribution in [0.5, 0.6) is 0 Å². The average Bonchev–Trinajstić information content (AvgIpc) is 3.34. The Kier molecular flexibility index (Phi) is 9.27. The Balaban J connectivity index is 1.33. The third kappa shape index (κ3) is 7.07. The Morgan fingerprint density at radius 3 is 2.30 bits per heavy atom. The molecule has 11 heteroatoms. The van der Waals surface area contributed by atoms with Gasteiger partial charge in [-0.25, -0.2) is 9.59 Å². The highest BCUT2D eigenvalue weighted by Crippen LogP contribution is 2.25. The topological polar surface area (TPSA) is 143 Å². The van der Waals surface area contributed by atoms with Gasteiger partial charge in [0.25, 0.3) is 0 Å². The number of nitrogens with one attached hydrogen (secondary N) is 1. The number of benzene rings is 1. The molecule has 2 aliphatic rings. The van der Waals surface area contributed by atoms with Crippen LogP contribution >= 0.6 is 0 Å². The molecule has 2 aromatic rings. The molecule has 3 amide bonds. The zero-order chi connectivity index (χ0) is 29.0. The van der Waals surface area contributed by atoms with E-state index in [1.165, 1.54) is 10.1 Å². The molecule has 5 N–H and O–H groups in total. The molecule has 1 saturated carbocycles. The molecule has 1 aliphatic heterocycles. The molecule has 2 heterocycles. The standard InChI is InChI=1S/C29H44N8O3/c1-5-36(24-11-8-22(30)19-24)20(2)18-21-6-9-23(10-7-21)37-13-12-25(33-28(37)40)32-27(39)35-16-14-34(15-17-35)26(38)29(3,4)31/h6-7,9-10,12-13,20,22,24H,5,8,11,14-19,30-31H2,1-4H3,(H,32,33,39,40)/t20?,22-,24?/m0/s1. The molecule has 1 aliphatic carbocycles. The van der Waals surface area contributed by atoms with Crippen LogP contribution in [0.4, 0.5) is 10.6 Å². The normalized spacial score (nSPS) is 20.6. The third-order valence-electron chi connectivity index (χ3n) is 8.04. The molecule has 3 atom stereocenters. The molecule has 218 valence electrons. The largest absolute Gasteiger partial charge is 0.354 e. The smallest absolute Gasteiger partial charge is 0.338 e. The summed E-state index contributed by atoms with van der Waals surface area (Å²) >= 11 is 0. The quantitative estimate of drug-likeness (QED) is 0.453. The van der Waals surface area contributed by atoms with Crippen LogP contribution in [0.3, 0.4) is 0 Å². The molecular weight excluding hydrogens is 508 g/mol. The summed E-state index contributed by atoms with van der Waals surface area (Å²) in [5.74, 6) is 0.0437. The number of aromatic nitrogens is 2. The van der Waals surface area contributed by atoms with Crippen molar-refractivity contribution in [3.63, 3.8) is 0 Å². The van der Waals surface area contributed by atoms with E-state index in [0.29, 0.717) is 50.0 Å². The summed E-state index contributed by atoms with van der Waals surface area (Å²) in [5.41, 5.74) is 12.6. The summed E-state index contributed by atoms with van der Waals surface area (Å²) in [4.78, 5) is 47.8. The van der Waals surface area contributed by atoms with Crippen molar-refractivity contribution in [1.29, 1.82) is 0 Å². The number of hydrogen-bond donors (Lipinski definition) is 3. The Hall–Kier alpha value is -3.28. The summed E-state index contributed by atoms with van der Waals surface area (Å²) in [5, 5.41) is 2.70. The van der Waals surface area contributed by atoms with E-state index in [-0.39, 0.29) is 17.8 Å². The molecule has 11 nitrogen and oxygen atoms in total. The summed E-state index contributed by atoms with van der Waals surface area (Å²) in [6, 6.07) is 10.5. The van der Waals surface area contributed by atoms with E-state index in [1.807, 2.05) is 12.1 Å². The van der Waals surface area contributed by atoms with E-state index in [1.54, 1.807) is 35.9 Å². The van der Waals surface area contributed by atoms with Gasteiger partial charge in [-0.3, -0.25) is 19.6 Å². The van der Waals surface area contributed by atoms with Gasteiger partial charge in [0.2, 0.25) is 5.91 Å². The van der Waals surface area contributed by atoms with Crippen molar-refractivity contribution in [2.24, 2.45) is 11.5 Å². The van der Waals surface area contributed by atoms with Crippen LogP contribution in [0.15, 0.2) is 41.3 Å². The van der Waals surface area contributed by atoms with Gasteiger partial charge in [-0.05, 0) is 76.8 Å². The van der Waals surface area contributed by atoms with Crippen molar-refractivity contribution in [3.05, 3.63) is 52.6 Å². The number of urea groups is 1. The molecule has 0 radical (unpaired) electrons. The summed E-state index contributed by atoms with van der Waals surface area (Å²) in [7, 11) is 0. The van der Waals surface area contributed by atoms with Gasteiger partial charge in [0.05, 0.1) is 11.2 Å². The van der Waals surface area contributed by atoms with Gasteiger partial charge in [-0.1, -0.05) is 19.1 Å². The molecule has 1 aromatic carbocycles. The molecular formula is C29H44N8O3. The van der Waals surface area contributed by atoms with Crippen LogP contribution in [-0.2, 0) is 11.2 Å². The van der Waals surface area contributed by atoms with Gasteiger partial charge in [0.15, 0.2) is 0 Å². The fourth-order valence-electron chi connectivity index (χ4n) is 5.85. The van der Waals surface area contributed by atoms with Gasteiger partial charge < -0.3 is 21.3 Å². The van der Waals surface area contributed by atoms with Crippen molar-refractivity contribution < 1.29 is 9.59 Å². The molecule has 1 saturated heterocycles. The van der Waals surface area contributed by atoms with Crippen molar-refractivity contribution in [1.82, 2.24) is 24.3 Å². The van der Waals surface area contributed by atoms with Crippen LogP contribution in [0.25, 0.3) is 5.69 Å². The molecule has 4 rings (SSSR count). The zero-order valence-electron chi connectivity index (χ0n) is 24.2. The highest BCUT2D eigenvalue weighted by molar-refractivity contribution is 5.89. The Labute approximate surface area is 236 Å². The van der Waals surface area contributed by atoms with Gasteiger partial charge in [0.1, 0.15) is 5.82 Å². The first-order chi connectivity index (χ1) is 19.0. The van der Waals surface area contributed by atoms with Crippen molar-refractivity contribution in [3.8, 4) is 5.69 Å². The van der Waals surface area contributed by atoms with Crippen molar-refractivity contribution in [2.75, 3.05) is 38.0 Å². The lowest BCUT2D eigenvalue weighted by molar-refractivity contribution is -0.137. The van der Waals surface area contributed by atoms with E-state index >= 15 is 0 Å². The van der Waals surface area contributed by atoms with E-state index in [9.17, 15) is 14.4 Å². The Bertz CT molecular complexity index is 1230. The minimum atomic E-state index is -0.947. The Morgan fingerprint density at radius 2 is 1.75 bits per heavy atom. The first-order valence-corrected chi connectivity index (χ1v) is 14.3. The molecule has 2 fully saturated rings. The second kappa shape index (κ2) is 12.5. The van der Waals surface area contributed by atoms with E-state index in [0.717, 1.165) is 32.2 Å². The highest BCUT2D eigenvalue weighted by atomic mass is 16.2. The lowest BCUT2D eigenvalue weighted by atomic mass is 10.0. The second-order valence-corrected chi connectivity index (χ2v) is 11.7. The number of piperazine rings is 1. The number of amides is 3. The van der Waals surface area contributed by atoms with Crippen LogP contribution in [0, 0.1) is 0 Å². The number of nitrogens with two attached hydrogens (primary N) is 2. The van der Waals surface area contributed by atoms with E-state index in [4.69, 9.17) is 11.5 Å². The predicted molar refractivity (Wildman–Crippen MR) is 156 cm³/mol. The van der Waals surface area contributed by atoms with Gasteiger partial charge in [0, 0.05) is 50.5 Å². The zero-order valence-corrected chi connectivity index (χ0v) is 24.2. The summed E-state index contributed by atoms with van der Waals surface area (Å²) in [6.07, 6.45) is 5.86. The molecule has 0 spiro atoms. The maximum atomic E-state index is 12.8. The first-order valence-electron chi connectivity index (χ1n) is 14.3. The monoisotopic (exact) mass is 552 g/mol. The molecule has 1 aromatic heterocycles. The third-order valence-corrected chi connectivity index (χ3v) is 8.04. The molecule has 2 unspecified atom stereocenters. The number of carbonyl (C=O) groups excluding carboxylic acids is 2. The first kappa shape index (κ1) is 29.7. The lowest BCUT2D eigenvalue weighted by Gasteiger charge is -2.37. The van der Waals surface area contributed by atoms with Crippen molar-refractivity contribution in [2.45, 2.75) is 77.0 Å². The maximum Gasteiger partial charge on any atom is 0.354 e. The lowest BCUT2D eigenvalue weighted by Crippen LogP contribution is -2.58. The van der Waals surface area contributed by atoms with Crippen molar-refractivity contribution >= 4 is 17.8 Å². The molecule has 0 bridgehead atoms. The summed E-state index contributed by atoms with van der Waals surface area (Å²) < 4.78 is 1.46. The average molecular weight is 553 g/mol. The number of hydrogen-bond acceptors (Lipinski definition) is 7. The number of rotatable bonds is 8. The maximum absolute atomic E-state index is 12.8. The van der Waals surface area contributed by atoms with E-state index < -0.39 is 11.2 Å². The summed E-state index contributed by atoms with van der Waals surface area (Å²) in [6.45, 7) is 10.4. The SMILES string of the molecule is CCN(C(C)Cc1ccc(-n2ccc(NC(=O)N3CCN(C(=O)C(C)(C)N)CC3)nc2=O)cc1)C1CC[C@H](N)C1. The number of carbonyl (C=O) groups is 2. The number of likely N-dealkylation sites (N-methyl/N-ethyl adjacent to an activating group) is 1. The van der Waals surface area contributed by atoms with Crippen LogP contribution < -0.4 is 22.5 Å². The van der Waals surface area contributed by atoms with E-state index in [2.05, 4.69) is 41.2 Å². The highest BCUT2D eigenvalue weighted by Gasteiger charge is 2.32. The minimum Gasteiger partial charge on any atom is -0.338 e. The fraction of sp³-hybridized carbons (Fsp3) is 0.586.